The van der Waals surface area contributed by atoms with Gasteiger partial charge in [0.1, 0.15) is 11.6 Å². The van der Waals surface area contributed by atoms with E-state index in [1.807, 2.05) is 0 Å². The number of rotatable bonds is 3. The summed E-state index contributed by atoms with van der Waals surface area (Å²) >= 11 is 0. The molecule has 1 aromatic carbocycles. The number of hydrogen-bond donors (Lipinski definition) is 1. The highest BCUT2D eigenvalue weighted by Crippen LogP contribution is 2.10. The molecule has 0 saturated carbocycles. The summed E-state index contributed by atoms with van der Waals surface area (Å²) in [6.45, 7) is 0.659. The molecule has 2 N–H and O–H groups in total. The Kier molecular flexibility index (Phi) is 2.96. The van der Waals surface area contributed by atoms with Crippen molar-refractivity contribution in [1.82, 2.24) is 9.78 Å². The van der Waals surface area contributed by atoms with Crippen molar-refractivity contribution >= 4 is 0 Å². The first-order chi connectivity index (χ1) is 7.69. The molecule has 1 aromatic heterocycles. The van der Waals surface area contributed by atoms with Crippen molar-refractivity contribution in [3.05, 3.63) is 53.4 Å². The smallest absolute Gasteiger partial charge is 0.126 e. The van der Waals surface area contributed by atoms with Crippen molar-refractivity contribution in [2.45, 2.75) is 13.1 Å². The van der Waals surface area contributed by atoms with Gasteiger partial charge in [0.15, 0.2) is 0 Å². The highest BCUT2D eigenvalue weighted by atomic mass is 19.1. The van der Waals surface area contributed by atoms with Crippen LogP contribution in [0.25, 0.3) is 0 Å². The van der Waals surface area contributed by atoms with Crippen molar-refractivity contribution in [3.63, 3.8) is 0 Å². The fourth-order valence-corrected chi connectivity index (χ4v) is 1.55. The van der Waals surface area contributed by atoms with E-state index in [1.165, 1.54) is 12.1 Å². The molecule has 0 aliphatic carbocycles. The molecule has 2 rings (SSSR count). The molecule has 0 fully saturated rings. The summed E-state index contributed by atoms with van der Waals surface area (Å²) in [7, 11) is 0. The number of hydrogen-bond acceptors (Lipinski definition) is 2. The van der Waals surface area contributed by atoms with Crippen molar-refractivity contribution in [3.8, 4) is 0 Å². The van der Waals surface area contributed by atoms with Gasteiger partial charge in [-0.1, -0.05) is 0 Å². The van der Waals surface area contributed by atoms with Crippen LogP contribution >= 0.6 is 0 Å². The van der Waals surface area contributed by atoms with E-state index in [1.54, 1.807) is 16.9 Å². The van der Waals surface area contributed by atoms with Gasteiger partial charge in [0.2, 0.25) is 0 Å². The average Bonchev–Trinajstić information content (AvgIpc) is 2.63. The first-order valence-corrected chi connectivity index (χ1v) is 4.85. The van der Waals surface area contributed by atoms with Crippen molar-refractivity contribution < 1.29 is 8.78 Å². The third kappa shape index (κ3) is 2.25. The zero-order valence-corrected chi connectivity index (χ0v) is 8.53. The Hall–Kier alpha value is -1.75. The lowest BCUT2D eigenvalue weighted by molar-refractivity contribution is 0.571. The summed E-state index contributed by atoms with van der Waals surface area (Å²) in [6.07, 6.45) is 1.61. The van der Waals surface area contributed by atoms with Gasteiger partial charge < -0.3 is 5.73 Å². The molecule has 0 amide bonds. The van der Waals surface area contributed by atoms with E-state index >= 15 is 0 Å². The van der Waals surface area contributed by atoms with E-state index in [-0.39, 0.29) is 0 Å². The van der Waals surface area contributed by atoms with E-state index in [2.05, 4.69) is 5.10 Å². The fraction of sp³-hybridized carbons (Fsp3) is 0.182. The highest BCUT2D eigenvalue weighted by Gasteiger charge is 2.04. The van der Waals surface area contributed by atoms with Gasteiger partial charge in [-0.2, -0.15) is 5.10 Å². The number of benzene rings is 1. The minimum Gasteiger partial charge on any atom is -0.325 e. The second-order valence-corrected chi connectivity index (χ2v) is 3.46. The van der Waals surface area contributed by atoms with Gasteiger partial charge in [0.05, 0.1) is 12.2 Å². The normalized spacial score (nSPS) is 10.7. The summed E-state index contributed by atoms with van der Waals surface area (Å²) in [5, 5.41) is 4.03. The number of halogens is 2. The van der Waals surface area contributed by atoms with Gasteiger partial charge in [-0.3, -0.25) is 4.68 Å². The van der Waals surface area contributed by atoms with Crippen LogP contribution in [0.5, 0.6) is 0 Å². The standard InChI is InChI=1S/C11H11F2N3/c12-9-3-8(4-10(13)5-9)7-16-11(6-14)1-2-15-16/h1-5H,6-7,14H2. The Balaban J connectivity index is 2.26. The molecular formula is C11H11F2N3. The number of nitrogens with two attached hydrogens (primary N) is 1. The minimum atomic E-state index is -0.587. The second kappa shape index (κ2) is 4.40. The maximum absolute atomic E-state index is 12.9. The van der Waals surface area contributed by atoms with Crippen LogP contribution in [0, 0.1) is 11.6 Å². The quantitative estimate of drug-likeness (QED) is 0.860. The zero-order chi connectivity index (χ0) is 11.5. The summed E-state index contributed by atoms with van der Waals surface area (Å²) in [6, 6.07) is 5.18. The molecule has 16 heavy (non-hydrogen) atoms. The summed E-state index contributed by atoms with van der Waals surface area (Å²) < 4.78 is 27.5. The lowest BCUT2D eigenvalue weighted by Crippen LogP contribution is -2.10. The minimum absolute atomic E-state index is 0.314. The van der Waals surface area contributed by atoms with Gasteiger partial charge >= 0.3 is 0 Å². The van der Waals surface area contributed by atoms with Crippen molar-refractivity contribution in [1.29, 1.82) is 0 Å². The van der Waals surface area contributed by atoms with E-state index in [0.29, 0.717) is 18.7 Å². The lowest BCUT2D eigenvalue weighted by atomic mass is 10.2. The van der Waals surface area contributed by atoms with E-state index in [0.717, 1.165) is 11.8 Å². The molecular weight excluding hydrogens is 212 g/mol. The van der Waals surface area contributed by atoms with Crippen molar-refractivity contribution in [2.75, 3.05) is 0 Å². The van der Waals surface area contributed by atoms with Gasteiger partial charge in [0, 0.05) is 18.8 Å². The van der Waals surface area contributed by atoms with E-state index in [9.17, 15) is 8.78 Å². The third-order valence-electron chi connectivity index (χ3n) is 2.27. The Bertz CT molecular complexity index is 473. The molecule has 0 aliphatic heterocycles. The summed E-state index contributed by atoms with van der Waals surface area (Å²) in [4.78, 5) is 0. The Morgan fingerprint density at radius 1 is 1.19 bits per heavy atom. The molecule has 0 saturated heterocycles. The van der Waals surface area contributed by atoms with Crippen LogP contribution < -0.4 is 5.73 Å². The maximum atomic E-state index is 12.9. The van der Waals surface area contributed by atoms with Crippen molar-refractivity contribution in [2.24, 2.45) is 5.73 Å². The molecule has 3 nitrogen and oxygen atoms in total. The fourth-order valence-electron chi connectivity index (χ4n) is 1.55. The van der Waals surface area contributed by atoms with Gasteiger partial charge in [-0.05, 0) is 23.8 Å². The molecule has 0 bridgehead atoms. The van der Waals surface area contributed by atoms with Crippen LogP contribution in [0.4, 0.5) is 8.78 Å². The summed E-state index contributed by atoms with van der Waals surface area (Å²) in [5.74, 6) is -1.17. The summed E-state index contributed by atoms with van der Waals surface area (Å²) in [5.41, 5.74) is 6.85. The highest BCUT2D eigenvalue weighted by molar-refractivity contribution is 5.18. The van der Waals surface area contributed by atoms with Crippen LogP contribution in [-0.2, 0) is 13.1 Å². The van der Waals surface area contributed by atoms with Crippen LogP contribution in [0.15, 0.2) is 30.5 Å². The van der Waals surface area contributed by atoms with Crippen LogP contribution in [-0.4, -0.2) is 9.78 Å². The molecule has 0 atom stereocenters. The van der Waals surface area contributed by atoms with Gasteiger partial charge in [-0.15, -0.1) is 0 Å². The Morgan fingerprint density at radius 2 is 1.88 bits per heavy atom. The molecule has 5 heteroatoms. The molecule has 1 heterocycles. The Morgan fingerprint density at radius 3 is 2.50 bits per heavy atom. The topological polar surface area (TPSA) is 43.8 Å². The van der Waals surface area contributed by atoms with Gasteiger partial charge in [0.25, 0.3) is 0 Å². The van der Waals surface area contributed by atoms with E-state index in [4.69, 9.17) is 5.73 Å². The molecule has 0 spiro atoms. The zero-order valence-electron chi connectivity index (χ0n) is 8.53. The average molecular weight is 223 g/mol. The molecule has 0 aliphatic rings. The maximum Gasteiger partial charge on any atom is 0.126 e. The Labute approximate surface area is 91.5 Å². The SMILES string of the molecule is NCc1ccnn1Cc1cc(F)cc(F)c1. The number of aromatic nitrogens is 2. The predicted octanol–water partition coefficient (Wildman–Crippen LogP) is 1.67. The van der Waals surface area contributed by atoms with Crippen LogP contribution in [0.2, 0.25) is 0 Å². The first-order valence-electron chi connectivity index (χ1n) is 4.85. The largest absolute Gasteiger partial charge is 0.325 e. The van der Waals surface area contributed by atoms with E-state index < -0.39 is 11.6 Å². The lowest BCUT2D eigenvalue weighted by Gasteiger charge is -2.06. The van der Waals surface area contributed by atoms with Gasteiger partial charge in [-0.25, -0.2) is 8.78 Å². The second-order valence-electron chi connectivity index (χ2n) is 3.46. The third-order valence-corrected chi connectivity index (χ3v) is 2.27. The molecule has 84 valence electrons. The molecule has 0 radical (unpaired) electrons. The number of nitrogens with zero attached hydrogens (tertiary/aromatic N) is 2. The molecule has 0 unspecified atom stereocenters. The van der Waals surface area contributed by atoms with Crippen LogP contribution in [0.3, 0.4) is 0 Å². The molecule has 2 aromatic rings. The predicted molar refractivity (Wildman–Crippen MR) is 55.6 cm³/mol. The van der Waals surface area contributed by atoms with Crippen LogP contribution in [0.1, 0.15) is 11.3 Å². The first kappa shape index (κ1) is 10.8. The monoisotopic (exact) mass is 223 g/mol.